The van der Waals surface area contributed by atoms with E-state index in [-0.39, 0.29) is 18.8 Å². The molecule has 0 unspecified atom stereocenters. The lowest BCUT2D eigenvalue weighted by Crippen LogP contribution is -2.21. The van der Waals surface area contributed by atoms with Gasteiger partial charge in [0.15, 0.2) is 6.61 Å². The topological polar surface area (TPSA) is 84.9 Å². The Bertz CT molecular complexity index is 664. The van der Waals surface area contributed by atoms with Gasteiger partial charge < -0.3 is 19.9 Å². The molecule has 23 heavy (non-hydrogen) atoms. The number of phenolic OH excluding ortho intramolecular Hbond substituents is 1. The maximum atomic E-state index is 11.7. The van der Waals surface area contributed by atoms with E-state index >= 15 is 0 Å². The predicted octanol–water partition coefficient (Wildman–Crippen LogP) is 2.13. The van der Waals surface area contributed by atoms with E-state index in [4.69, 9.17) is 14.6 Å². The molecule has 120 valence electrons. The number of carbonyl (C=O) groups excluding carboxylic acids is 2. The fraction of sp³-hybridized carbons (Fsp3) is 0.176. The molecule has 0 radical (unpaired) electrons. The molecule has 2 N–H and O–H groups in total. The van der Waals surface area contributed by atoms with Gasteiger partial charge in [0.1, 0.15) is 11.5 Å². The van der Waals surface area contributed by atoms with Crippen LogP contribution in [0.15, 0.2) is 48.5 Å². The summed E-state index contributed by atoms with van der Waals surface area (Å²) >= 11 is 0. The van der Waals surface area contributed by atoms with Crippen LogP contribution in [0.1, 0.15) is 5.56 Å². The molecule has 0 heterocycles. The number of hydrogen-bond acceptors (Lipinski definition) is 5. The van der Waals surface area contributed by atoms with Gasteiger partial charge in [0.05, 0.1) is 13.5 Å². The Morgan fingerprint density at radius 2 is 1.70 bits per heavy atom. The summed E-state index contributed by atoms with van der Waals surface area (Å²) in [7, 11) is 1.56. The van der Waals surface area contributed by atoms with Gasteiger partial charge in [0.25, 0.3) is 5.91 Å². The Morgan fingerprint density at radius 3 is 2.30 bits per heavy atom. The molecule has 0 aliphatic rings. The average Bonchev–Trinajstić information content (AvgIpc) is 2.56. The van der Waals surface area contributed by atoms with Crippen molar-refractivity contribution >= 4 is 17.6 Å². The molecule has 2 aromatic rings. The summed E-state index contributed by atoms with van der Waals surface area (Å²) in [5, 5.41) is 11.8. The third-order valence-corrected chi connectivity index (χ3v) is 3.02. The first-order chi connectivity index (χ1) is 11.1. The van der Waals surface area contributed by atoms with Gasteiger partial charge in [-0.05, 0) is 42.0 Å². The maximum Gasteiger partial charge on any atom is 0.310 e. The van der Waals surface area contributed by atoms with Gasteiger partial charge in [0.2, 0.25) is 0 Å². The normalized spacial score (nSPS) is 9.96. The molecule has 0 fully saturated rings. The van der Waals surface area contributed by atoms with Crippen molar-refractivity contribution in [1.82, 2.24) is 0 Å². The van der Waals surface area contributed by atoms with Crippen LogP contribution in [0.2, 0.25) is 0 Å². The van der Waals surface area contributed by atoms with E-state index < -0.39 is 11.9 Å². The lowest BCUT2D eigenvalue weighted by atomic mass is 10.1. The minimum atomic E-state index is -0.513. The fourth-order valence-electron chi connectivity index (χ4n) is 1.85. The minimum absolute atomic E-state index is 0.0378. The van der Waals surface area contributed by atoms with Crippen molar-refractivity contribution in [2.24, 2.45) is 0 Å². The van der Waals surface area contributed by atoms with E-state index in [1.807, 2.05) is 0 Å². The summed E-state index contributed by atoms with van der Waals surface area (Å²) in [6.07, 6.45) is 0.0378. The average molecular weight is 315 g/mol. The molecule has 0 spiro atoms. The third-order valence-electron chi connectivity index (χ3n) is 3.02. The summed E-state index contributed by atoms with van der Waals surface area (Å²) in [5.41, 5.74) is 1.29. The van der Waals surface area contributed by atoms with Crippen LogP contribution in [0.5, 0.6) is 11.5 Å². The quantitative estimate of drug-likeness (QED) is 0.798. The van der Waals surface area contributed by atoms with Crippen LogP contribution in [0.3, 0.4) is 0 Å². The highest BCUT2D eigenvalue weighted by molar-refractivity contribution is 5.92. The molecule has 0 bridgehead atoms. The molecule has 0 saturated carbocycles. The number of aromatic hydroxyl groups is 1. The van der Waals surface area contributed by atoms with Gasteiger partial charge in [-0.2, -0.15) is 0 Å². The van der Waals surface area contributed by atoms with E-state index in [1.165, 1.54) is 12.1 Å². The first-order valence-electron chi connectivity index (χ1n) is 6.94. The molecule has 2 aromatic carbocycles. The molecule has 2 rings (SSSR count). The zero-order valence-corrected chi connectivity index (χ0v) is 12.6. The van der Waals surface area contributed by atoms with Crippen molar-refractivity contribution in [3.8, 4) is 11.5 Å². The molecule has 0 aliphatic heterocycles. The minimum Gasteiger partial charge on any atom is -0.508 e. The molecule has 0 saturated heterocycles. The second kappa shape index (κ2) is 7.84. The van der Waals surface area contributed by atoms with E-state index in [0.29, 0.717) is 17.0 Å². The first-order valence-corrected chi connectivity index (χ1v) is 6.94. The maximum absolute atomic E-state index is 11.7. The van der Waals surface area contributed by atoms with Crippen LogP contribution >= 0.6 is 0 Å². The predicted molar refractivity (Wildman–Crippen MR) is 84.4 cm³/mol. The van der Waals surface area contributed by atoms with Gasteiger partial charge in [-0.25, -0.2) is 0 Å². The van der Waals surface area contributed by atoms with Gasteiger partial charge in [-0.15, -0.1) is 0 Å². The Hall–Kier alpha value is -3.02. The number of carbonyl (C=O) groups is 2. The fourth-order valence-corrected chi connectivity index (χ4v) is 1.85. The van der Waals surface area contributed by atoms with Crippen LogP contribution in [0.4, 0.5) is 5.69 Å². The SMILES string of the molecule is COc1ccc(NC(=O)COC(=O)Cc2ccc(O)cc2)cc1. The second-order valence-corrected chi connectivity index (χ2v) is 4.78. The van der Waals surface area contributed by atoms with E-state index in [2.05, 4.69) is 5.32 Å². The summed E-state index contributed by atoms with van der Waals surface area (Å²) < 4.78 is 9.94. The van der Waals surface area contributed by atoms with Crippen LogP contribution in [-0.2, 0) is 20.7 Å². The molecular weight excluding hydrogens is 298 g/mol. The second-order valence-electron chi connectivity index (χ2n) is 4.78. The number of anilines is 1. The highest BCUT2D eigenvalue weighted by Gasteiger charge is 2.09. The monoisotopic (exact) mass is 315 g/mol. The first kappa shape index (κ1) is 16.4. The van der Waals surface area contributed by atoms with Crippen LogP contribution in [0.25, 0.3) is 0 Å². The van der Waals surface area contributed by atoms with Gasteiger partial charge in [0, 0.05) is 5.69 Å². The number of ether oxygens (including phenoxy) is 2. The number of nitrogens with one attached hydrogen (secondary N) is 1. The number of rotatable bonds is 6. The van der Waals surface area contributed by atoms with E-state index in [0.717, 1.165) is 0 Å². The molecule has 1 amide bonds. The Balaban J connectivity index is 1.76. The van der Waals surface area contributed by atoms with Gasteiger partial charge >= 0.3 is 5.97 Å². The Kier molecular flexibility index (Phi) is 5.57. The molecule has 0 aromatic heterocycles. The number of benzene rings is 2. The summed E-state index contributed by atoms with van der Waals surface area (Å²) in [4.78, 5) is 23.4. The number of methoxy groups -OCH3 is 1. The van der Waals surface area contributed by atoms with Crippen molar-refractivity contribution in [1.29, 1.82) is 0 Å². The number of hydrogen-bond donors (Lipinski definition) is 2. The van der Waals surface area contributed by atoms with Crippen LogP contribution < -0.4 is 10.1 Å². The van der Waals surface area contributed by atoms with Crippen molar-refractivity contribution in [3.05, 3.63) is 54.1 Å². The number of esters is 1. The third kappa shape index (κ3) is 5.35. The molecular formula is C17H17NO5. The van der Waals surface area contributed by atoms with E-state index in [1.54, 1.807) is 43.5 Å². The van der Waals surface area contributed by atoms with Crippen LogP contribution in [-0.4, -0.2) is 30.7 Å². The van der Waals surface area contributed by atoms with E-state index in [9.17, 15) is 9.59 Å². The Morgan fingerprint density at radius 1 is 1.04 bits per heavy atom. The summed E-state index contributed by atoms with van der Waals surface area (Å²) in [6.45, 7) is -0.358. The van der Waals surface area contributed by atoms with Gasteiger partial charge in [-0.1, -0.05) is 12.1 Å². The zero-order valence-electron chi connectivity index (χ0n) is 12.6. The molecule has 0 aliphatic carbocycles. The standard InChI is InChI=1S/C17H17NO5/c1-22-15-8-4-13(5-9-15)18-16(20)11-23-17(21)10-12-2-6-14(19)7-3-12/h2-9,19H,10-11H2,1H3,(H,18,20). The molecule has 6 nitrogen and oxygen atoms in total. The van der Waals surface area contributed by atoms with Crippen molar-refractivity contribution in [2.75, 3.05) is 19.0 Å². The van der Waals surface area contributed by atoms with Crippen molar-refractivity contribution in [2.45, 2.75) is 6.42 Å². The lowest BCUT2D eigenvalue weighted by molar-refractivity contribution is -0.146. The van der Waals surface area contributed by atoms with Crippen molar-refractivity contribution < 1.29 is 24.2 Å². The van der Waals surface area contributed by atoms with Crippen LogP contribution in [0, 0.1) is 0 Å². The number of amides is 1. The molecule has 6 heteroatoms. The zero-order chi connectivity index (χ0) is 16.7. The van der Waals surface area contributed by atoms with Gasteiger partial charge in [-0.3, -0.25) is 9.59 Å². The smallest absolute Gasteiger partial charge is 0.310 e. The number of phenols is 1. The Labute approximate surface area is 133 Å². The molecule has 0 atom stereocenters. The highest BCUT2D eigenvalue weighted by atomic mass is 16.5. The summed E-state index contributed by atoms with van der Waals surface area (Å²) in [6, 6.07) is 13.0. The largest absolute Gasteiger partial charge is 0.508 e. The van der Waals surface area contributed by atoms with Crippen molar-refractivity contribution in [3.63, 3.8) is 0 Å². The highest BCUT2D eigenvalue weighted by Crippen LogP contribution is 2.15. The summed E-state index contributed by atoms with van der Waals surface area (Å²) in [5.74, 6) is -0.126. The lowest BCUT2D eigenvalue weighted by Gasteiger charge is -2.07.